The number of ether oxygens (including phenoxy) is 3. The Balaban J connectivity index is 0.892. The van der Waals surface area contributed by atoms with Crippen LogP contribution in [0.5, 0.6) is 0 Å². The van der Waals surface area contributed by atoms with Crippen LogP contribution in [0.2, 0.25) is 0 Å². The van der Waals surface area contributed by atoms with Gasteiger partial charge in [0.2, 0.25) is 0 Å². The summed E-state index contributed by atoms with van der Waals surface area (Å²) in [7, 11) is 3.72. The van der Waals surface area contributed by atoms with Gasteiger partial charge in [-0.2, -0.15) is 0 Å². The summed E-state index contributed by atoms with van der Waals surface area (Å²) in [4.78, 5) is 80.8. The van der Waals surface area contributed by atoms with Crippen LogP contribution in [0.3, 0.4) is 0 Å². The Bertz CT molecular complexity index is 2050. The number of aromatic nitrogens is 1. The highest BCUT2D eigenvalue weighted by molar-refractivity contribution is 5.91. The number of oxazole rings is 1. The molecule has 0 radical (unpaired) electrons. The molecule has 17 nitrogen and oxygen atoms in total. The number of carbonyl (C=O) groups excluding carboxylic acids is 4. The van der Waals surface area contributed by atoms with Gasteiger partial charge >= 0.3 is 23.8 Å². The molecule has 0 aliphatic carbocycles. The van der Waals surface area contributed by atoms with Crippen LogP contribution in [0, 0.1) is 6.92 Å². The van der Waals surface area contributed by atoms with Crippen LogP contribution in [-0.2, 0) is 36.6 Å². The molecule has 3 aromatic rings. The number of esters is 1. The summed E-state index contributed by atoms with van der Waals surface area (Å²) < 4.78 is 22.1. The van der Waals surface area contributed by atoms with Gasteiger partial charge in [0.25, 0.3) is 5.91 Å². The molecule has 0 saturated carbocycles. The van der Waals surface area contributed by atoms with E-state index >= 15 is 0 Å². The van der Waals surface area contributed by atoms with Crippen LogP contribution in [0.25, 0.3) is 11.1 Å². The lowest BCUT2D eigenvalue weighted by Gasteiger charge is -2.43. The summed E-state index contributed by atoms with van der Waals surface area (Å²) in [6.45, 7) is 11.4. The molecule has 4 aliphatic heterocycles. The summed E-state index contributed by atoms with van der Waals surface area (Å²) >= 11 is 0. The number of likely N-dealkylation sites (N-methyl/N-ethyl adjacent to an activating group) is 1. The van der Waals surface area contributed by atoms with Gasteiger partial charge in [-0.05, 0) is 81.3 Å². The maximum absolute atomic E-state index is 14.3. The van der Waals surface area contributed by atoms with Crippen molar-refractivity contribution < 1.29 is 37.8 Å². The summed E-state index contributed by atoms with van der Waals surface area (Å²) in [6, 6.07) is 11.6. The van der Waals surface area contributed by atoms with Crippen LogP contribution < -0.4 is 11.1 Å². The number of para-hydroxylation sites is 1. The third kappa shape index (κ3) is 11.7. The van der Waals surface area contributed by atoms with Crippen LogP contribution in [0.4, 0.5) is 15.3 Å². The fourth-order valence-corrected chi connectivity index (χ4v) is 9.31. The van der Waals surface area contributed by atoms with Crippen molar-refractivity contribution >= 4 is 40.8 Å². The fourth-order valence-electron chi connectivity index (χ4n) is 9.31. The van der Waals surface area contributed by atoms with Gasteiger partial charge in [0.1, 0.15) is 0 Å². The molecular weight excluding hydrogens is 797 g/mol. The molecule has 338 valence electrons. The Morgan fingerprint density at radius 2 is 1.61 bits per heavy atom. The van der Waals surface area contributed by atoms with E-state index in [0.29, 0.717) is 88.9 Å². The minimum Gasteiger partial charge on any atom is -0.466 e. The van der Waals surface area contributed by atoms with Gasteiger partial charge in [-0.15, -0.1) is 0 Å². The van der Waals surface area contributed by atoms with E-state index < -0.39 is 18.0 Å². The zero-order valence-corrected chi connectivity index (χ0v) is 36.6. The minimum absolute atomic E-state index is 0.0240. The van der Waals surface area contributed by atoms with Crippen molar-refractivity contribution in [2.75, 3.05) is 111 Å². The van der Waals surface area contributed by atoms with Gasteiger partial charge in [-0.25, -0.2) is 14.4 Å². The Hall–Kier alpha value is -4.97. The van der Waals surface area contributed by atoms with E-state index in [9.17, 15) is 24.0 Å². The van der Waals surface area contributed by atoms with Gasteiger partial charge in [-0.3, -0.25) is 19.5 Å². The normalized spacial score (nSPS) is 19.0. The lowest BCUT2D eigenvalue weighted by atomic mass is 9.99. The number of likely N-dealkylation sites (tertiary alicyclic amines) is 2. The number of benzene rings is 2. The smallest absolute Gasteiger partial charge is 0.417 e. The van der Waals surface area contributed by atoms with Crippen molar-refractivity contribution in [1.82, 2.24) is 34.4 Å². The molecule has 0 bridgehead atoms. The van der Waals surface area contributed by atoms with E-state index in [-0.39, 0.29) is 30.4 Å². The lowest BCUT2D eigenvalue weighted by molar-refractivity contribution is -0.144. The van der Waals surface area contributed by atoms with Crippen molar-refractivity contribution in [3.8, 4) is 0 Å². The molecule has 4 aliphatic rings. The first-order valence-electron chi connectivity index (χ1n) is 22.4. The van der Waals surface area contributed by atoms with Gasteiger partial charge in [0.05, 0.1) is 25.2 Å². The van der Waals surface area contributed by atoms with Crippen molar-refractivity contribution in [2.24, 2.45) is 0 Å². The van der Waals surface area contributed by atoms with Gasteiger partial charge in [0, 0.05) is 110 Å². The molecule has 2 N–H and O–H groups in total. The van der Waals surface area contributed by atoms with Crippen molar-refractivity contribution in [1.29, 1.82) is 0 Å². The second-order valence-electron chi connectivity index (χ2n) is 17.2. The van der Waals surface area contributed by atoms with E-state index in [2.05, 4.69) is 25.0 Å². The maximum Gasteiger partial charge on any atom is 0.417 e. The number of amides is 4. The quantitative estimate of drug-likeness (QED) is 0.159. The number of piperazine rings is 1. The molecule has 1 aromatic heterocycles. The van der Waals surface area contributed by atoms with E-state index in [1.807, 2.05) is 54.1 Å². The first-order valence-corrected chi connectivity index (χ1v) is 22.4. The zero-order valence-electron chi connectivity index (χ0n) is 36.6. The lowest BCUT2D eigenvalue weighted by Crippen LogP contribution is -2.55. The molecule has 7 rings (SSSR count). The number of nitrogens with one attached hydrogen (secondary N) is 2. The second kappa shape index (κ2) is 21.4. The second-order valence-corrected chi connectivity index (χ2v) is 17.2. The average molecular weight is 861 g/mol. The fraction of sp³-hybridized carbons (Fsp3) is 0.622. The third-order valence-corrected chi connectivity index (χ3v) is 13.0. The number of aromatic amines is 1. The molecule has 3 saturated heterocycles. The highest BCUT2D eigenvalue weighted by Crippen LogP contribution is 2.27. The molecule has 5 heterocycles. The van der Waals surface area contributed by atoms with Crippen LogP contribution >= 0.6 is 0 Å². The third-order valence-electron chi connectivity index (χ3n) is 13.0. The van der Waals surface area contributed by atoms with Crippen LogP contribution in [0.1, 0.15) is 55.2 Å². The average Bonchev–Trinajstić information content (AvgIpc) is 3.58. The Labute approximate surface area is 363 Å². The minimum atomic E-state index is -1.08. The van der Waals surface area contributed by atoms with E-state index in [0.717, 1.165) is 87.3 Å². The standard InChI is InChI=1S/C45H64N8O9/c1-32-29-33(30-38-41(32)47-44(57)61-38)31-39(62-45(58)52-19-12-36(13-20-52)53-21-9-34-7-4-5-8-37(34)46-43(53)56)42(55)51-17-10-35(11-18-51)50-24-22-49(23-25-50)16-14-40(54)60-27-6-15-48(2)26-28-59-3/h4-5,7-8,29-30,35-36,39H,6,9-28,31H2,1-3H3,(H,46,56)(H,47,57)/t39-/m1/s1. The Kier molecular flexibility index (Phi) is 15.6. The summed E-state index contributed by atoms with van der Waals surface area (Å²) in [6.07, 6.45) is 3.24. The Morgan fingerprint density at radius 1 is 0.887 bits per heavy atom. The van der Waals surface area contributed by atoms with E-state index in [1.54, 1.807) is 18.1 Å². The highest BCUT2D eigenvalue weighted by Gasteiger charge is 2.37. The van der Waals surface area contributed by atoms with Crippen molar-refractivity contribution in [3.63, 3.8) is 0 Å². The number of anilines is 1. The molecule has 0 spiro atoms. The number of H-pyrrole nitrogens is 1. The highest BCUT2D eigenvalue weighted by atomic mass is 16.6. The number of hydrogen-bond donors (Lipinski definition) is 2. The number of rotatable bonds is 16. The number of methoxy groups -OCH3 is 1. The summed E-state index contributed by atoms with van der Waals surface area (Å²) in [5.41, 5.74) is 4.44. The summed E-state index contributed by atoms with van der Waals surface area (Å²) in [5.74, 6) is -0.955. The number of urea groups is 1. The molecule has 4 amide bonds. The molecule has 17 heteroatoms. The monoisotopic (exact) mass is 860 g/mol. The molecule has 2 aromatic carbocycles. The van der Waals surface area contributed by atoms with Crippen LogP contribution in [-0.4, -0.2) is 182 Å². The predicted molar refractivity (Wildman–Crippen MR) is 233 cm³/mol. The number of aryl methyl sites for hydroxylation is 1. The molecule has 0 unspecified atom stereocenters. The van der Waals surface area contributed by atoms with Gasteiger partial charge in [-0.1, -0.05) is 24.3 Å². The van der Waals surface area contributed by atoms with Crippen LogP contribution in [0.15, 0.2) is 45.6 Å². The van der Waals surface area contributed by atoms with E-state index in [4.69, 9.17) is 18.6 Å². The number of carbonyl (C=O) groups is 4. The number of nitrogens with zero attached hydrogens (tertiary/aromatic N) is 6. The first kappa shape index (κ1) is 45.1. The van der Waals surface area contributed by atoms with Crippen molar-refractivity contribution in [2.45, 2.75) is 76.5 Å². The maximum atomic E-state index is 14.3. The number of fused-ring (bicyclic) bond motifs is 2. The van der Waals surface area contributed by atoms with Crippen molar-refractivity contribution in [3.05, 3.63) is 63.6 Å². The largest absolute Gasteiger partial charge is 0.466 e. The number of piperidine rings is 2. The number of hydrogen-bond acceptors (Lipinski definition) is 12. The zero-order chi connectivity index (χ0) is 43.6. The predicted octanol–water partition coefficient (Wildman–Crippen LogP) is 3.54. The SMILES string of the molecule is COCCN(C)CCCOC(=O)CCN1CCN(C2CCN(C(=O)[C@@H](Cc3cc(C)c4[nH]c(=O)oc4c3)OC(=O)N3CCC(N4CCc5ccccc5NC4=O)CC3)CC2)CC1. The van der Waals surface area contributed by atoms with Gasteiger partial charge in [0.15, 0.2) is 11.7 Å². The Morgan fingerprint density at radius 3 is 2.37 bits per heavy atom. The topological polar surface area (TPSA) is 173 Å². The molecule has 3 fully saturated rings. The molecule has 1 atom stereocenters. The van der Waals surface area contributed by atoms with E-state index in [1.165, 1.54) is 0 Å². The van der Waals surface area contributed by atoms with Gasteiger partial charge < -0.3 is 48.4 Å². The first-order chi connectivity index (χ1) is 30.0. The molecular formula is C45H64N8O9. The molecule has 62 heavy (non-hydrogen) atoms. The summed E-state index contributed by atoms with van der Waals surface area (Å²) in [5, 5.41) is 3.05.